The van der Waals surface area contributed by atoms with Crippen LogP contribution in [0.15, 0.2) is 34.1 Å². The first kappa shape index (κ1) is 20.1. The summed E-state index contributed by atoms with van der Waals surface area (Å²) in [5, 5.41) is 0. The van der Waals surface area contributed by atoms with Crippen molar-refractivity contribution in [1.29, 1.82) is 0 Å². The van der Waals surface area contributed by atoms with Gasteiger partial charge in [0.1, 0.15) is 15.8 Å². The minimum Gasteiger partial charge on any atom is -0.353 e. The van der Waals surface area contributed by atoms with E-state index in [1.54, 1.807) is 23.2 Å². The lowest BCUT2D eigenvalue weighted by atomic mass is 10.2. The highest BCUT2D eigenvalue weighted by Crippen LogP contribution is 2.34. The number of anilines is 1. The fourth-order valence-corrected chi connectivity index (χ4v) is 5.04. The summed E-state index contributed by atoms with van der Waals surface area (Å²) >= 11 is 6.62. The van der Waals surface area contributed by atoms with Gasteiger partial charge in [0.05, 0.1) is 10.5 Å². The summed E-state index contributed by atoms with van der Waals surface area (Å²) in [7, 11) is 2.08. The Labute approximate surface area is 179 Å². The van der Waals surface area contributed by atoms with E-state index in [0.29, 0.717) is 26.3 Å². The molecule has 0 aromatic carbocycles. The Morgan fingerprint density at radius 2 is 1.90 bits per heavy atom. The van der Waals surface area contributed by atoms with E-state index < -0.39 is 0 Å². The molecule has 0 atom stereocenters. The van der Waals surface area contributed by atoms with Crippen LogP contribution in [-0.2, 0) is 4.79 Å². The molecule has 2 aliphatic heterocycles. The number of amides is 1. The Morgan fingerprint density at radius 3 is 2.55 bits per heavy atom. The number of thioether (sulfide) groups is 1. The average Bonchev–Trinajstić information content (AvgIpc) is 2.98. The minimum atomic E-state index is -0.181. The normalized spacial score (nSPS) is 19.9. The highest BCUT2D eigenvalue weighted by atomic mass is 32.2. The molecule has 0 saturated carbocycles. The summed E-state index contributed by atoms with van der Waals surface area (Å²) in [5.41, 5.74) is 0.847. The van der Waals surface area contributed by atoms with Crippen molar-refractivity contribution in [2.75, 3.05) is 38.1 Å². The van der Waals surface area contributed by atoms with Gasteiger partial charge in [0, 0.05) is 38.4 Å². The second kappa shape index (κ2) is 7.89. The quantitative estimate of drug-likeness (QED) is 0.547. The Morgan fingerprint density at radius 1 is 1.17 bits per heavy atom. The van der Waals surface area contributed by atoms with E-state index in [-0.39, 0.29) is 17.5 Å². The van der Waals surface area contributed by atoms with Crippen LogP contribution >= 0.6 is 24.0 Å². The number of hydrogen-bond donors (Lipinski definition) is 0. The van der Waals surface area contributed by atoms with Crippen LogP contribution in [-0.4, -0.2) is 68.7 Å². The molecule has 0 spiro atoms. The Hall–Kier alpha value is -2.23. The van der Waals surface area contributed by atoms with Crippen molar-refractivity contribution in [3.63, 3.8) is 0 Å². The van der Waals surface area contributed by atoms with Crippen molar-refractivity contribution in [2.45, 2.75) is 19.9 Å². The van der Waals surface area contributed by atoms with Crippen LogP contribution in [0, 0.1) is 0 Å². The van der Waals surface area contributed by atoms with Crippen molar-refractivity contribution in [2.24, 2.45) is 0 Å². The summed E-state index contributed by atoms with van der Waals surface area (Å²) in [4.78, 5) is 37.4. The summed E-state index contributed by atoms with van der Waals surface area (Å²) in [6, 6.07) is 5.46. The van der Waals surface area contributed by atoms with Gasteiger partial charge in [-0.1, -0.05) is 30.0 Å². The molecule has 1 amide bonds. The molecule has 2 aromatic rings. The second-order valence-electron chi connectivity index (χ2n) is 7.52. The maximum absolute atomic E-state index is 13.3. The van der Waals surface area contributed by atoms with Crippen molar-refractivity contribution < 1.29 is 4.79 Å². The predicted octanol–water partition coefficient (Wildman–Crippen LogP) is 2.06. The van der Waals surface area contributed by atoms with Gasteiger partial charge in [-0.05, 0) is 39.1 Å². The molecule has 4 heterocycles. The zero-order valence-electron chi connectivity index (χ0n) is 16.7. The third kappa shape index (κ3) is 3.70. The third-order valence-electron chi connectivity index (χ3n) is 5.17. The van der Waals surface area contributed by atoms with Gasteiger partial charge in [-0.3, -0.25) is 18.9 Å². The highest BCUT2D eigenvalue weighted by molar-refractivity contribution is 8.26. The number of fused-ring (bicyclic) bond motifs is 1. The number of hydrogen-bond acceptors (Lipinski definition) is 7. The van der Waals surface area contributed by atoms with Gasteiger partial charge in [-0.15, -0.1) is 0 Å². The van der Waals surface area contributed by atoms with Crippen molar-refractivity contribution in [3.05, 3.63) is 45.2 Å². The minimum absolute atomic E-state index is 0.0265. The molecule has 152 valence electrons. The number of aromatic nitrogens is 2. The molecule has 4 rings (SSSR count). The smallest absolute Gasteiger partial charge is 0.267 e. The number of carbonyl (C=O) groups excluding carboxylic acids is 1. The molecule has 0 N–H and O–H groups in total. The van der Waals surface area contributed by atoms with Gasteiger partial charge < -0.3 is 9.80 Å². The maximum atomic E-state index is 13.3. The molecule has 0 aliphatic carbocycles. The van der Waals surface area contributed by atoms with E-state index in [2.05, 4.69) is 16.8 Å². The lowest BCUT2D eigenvalue weighted by Gasteiger charge is -2.34. The van der Waals surface area contributed by atoms with Gasteiger partial charge in [0.25, 0.3) is 11.5 Å². The second-order valence-corrected chi connectivity index (χ2v) is 9.19. The van der Waals surface area contributed by atoms with Crippen LogP contribution in [0.3, 0.4) is 0 Å². The summed E-state index contributed by atoms with van der Waals surface area (Å²) in [6.07, 6.45) is 3.37. The molecule has 2 aliphatic rings. The number of nitrogens with zero attached hydrogens (tertiary/aromatic N) is 5. The summed E-state index contributed by atoms with van der Waals surface area (Å²) in [6.45, 7) is 7.20. The van der Waals surface area contributed by atoms with Crippen LogP contribution in [0.25, 0.3) is 11.7 Å². The molecule has 2 aromatic heterocycles. The number of carbonyl (C=O) groups is 1. The van der Waals surface area contributed by atoms with Gasteiger partial charge >= 0.3 is 0 Å². The highest BCUT2D eigenvalue weighted by Gasteiger charge is 2.34. The van der Waals surface area contributed by atoms with E-state index in [1.165, 1.54) is 16.2 Å². The number of thiocarbonyl (C=S) groups is 1. The number of pyridine rings is 1. The van der Waals surface area contributed by atoms with E-state index in [4.69, 9.17) is 17.2 Å². The predicted molar refractivity (Wildman–Crippen MR) is 121 cm³/mol. The molecule has 7 nitrogen and oxygen atoms in total. The lowest BCUT2D eigenvalue weighted by molar-refractivity contribution is -0.123. The van der Waals surface area contributed by atoms with Gasteiger partial charge in [-0.25, -0.2) is 4.98 Å². The largest absolute Gasteiger partial charge is 0.353 e. The molecule has 2 saturated heterocycles. The van der Waals surface area contributed by atoms with Crippen molar-refractivity contribution >= 4 is 51.7 Å². The standard InChI is InChI=1S/C20H23N5O2S2/c1-13(2)25-19(27)15(29-20(25)28)12-14-17(23-10-8-22(3)9-11-23)21-16-6-4-5-7-24(16)18(14)26/h4-7,12-13H,8-11H2,1-3H3/b15-12+. The summed E-state index contributed by atoms with van der Waals surface area (Å²) < 4.78 is 2.04. The topological polar surface area (TPSA) is 61.2 Å². The van der Waals surface area contributed by atoms with Gasteiger partial charge in [0.15, 0.2) is 0 Å². The van der Waals surface area contributed by atoms with Gasteiger partial charge in [-0.2, -0.15) is 0 Å². The lowest BCUT2D eigenvalue weighted by Crippen LogP contribution is -2.45. The van der Waals surface area contributed by atoms with Crippen LogP contribution < -0.4 is 10.5 Å². The zero-order chi connectivity index (χ0) is 20.7. The van der Waals surface area contributed by atoms with Crippen LogP contribution in [0.4, 0.5) is 5.82 Å². The average molecular weight is 430 g/mol. The first-order valence-corrected chi connectivity index (χ1v) is 10.8. The first-order chi connectivity index (χ1) is 13.9. The fourth-order valence-electron chi connectivity index (χ4n) is 3.53. The zero-order valence-corrected chi connectivity index (χ0v) is 18.3. The Bertz CT molecular complexity index is 1070. The van der Waals surface area contributed by atoms with E-state index >= 15 is 0 Å². The molecule has 0 radical (unpaired) electrons. The van der Waals surface area contributed by atoms with Crippen molar-refractivity contribution in [1.82, 2.24) is 19.2 Å². The molecular weight excluding hydrogens is 406 g/mol. The summed E-state index contributed by atoms with van der Waals surface area (Å²) in [5.74, 6) is 0.473. The molecular formula is C20H23N5O2S2. The third-order valence-corrected chi connectivity index (χ3v) is 6.50. The monoisotopic (exact) mass is 429 g/mol. The molecule has 0 bridgehead atoms. The van der Waals surface area contributed by atoms with Crippen LogP contribution in [0.5, 0.6) is 0 Å². The molecule has 2 fully saturated rings. The first-order valence-electron chi connectivity index (χ1n) is 9.59. The van der Waals surface area contributed by atoms with Crippen LogP contribution in [0.2, 0.25) is 0 Å². The number of likely N-dealkylation sites (N-methyl/N-ethyl adjacent to an activating group) is 1. The molecule has 0 unspecified atom stereocenters. The molecule has 9 heteroatoms. The van der Waals surface area contributed by atoms with Crippen LogP contribution in [0.1, 0.15) is 19.4 Å². The van der Waals surface area contributed by atoms with Gasteiger partial charge in [0.2, 0.25) is 0 Å². The number of rotatable bonds is 3. The van der Waals surface area contributed by atoms with E-state index in [1.807, 2.05) is 26.0 Å². The molecule has 29 heavy (non-hydrogen) atoms. The van der Waals surface area contributed by atoms with E-state index in [9.17, 15) is 9.59 Å². The number of piperazine rings is 1. The SMILES string of the molecule is CC(C)N1C(=O)/C(=C\c2c(N3CCN(C)CC3)nc3ccccn3c2=O)SC1=S. The van der Waals surface area contributed by atoms with E-state index in [0.717, 1.165) is 26.2 Å². The Balaban J connectivity index is 1.85. The fraction of sp³-hybridized carbons (Fsp3) is 0.400. The Kier molecular flexibility index (Phi) is 5.46. The van der Waals surface area contributed by atoms with Crippen molar-refractivity contribution in [3.8, 4) is 0 Å². The maximum Gasteiger partial charge on any atom is 0.267 e.